The number of esters is 1. The van der Waals surface area contributed by atoms with Gasteiger partial charge in [0.1, 0.15) is 11.8 Å². The Bertz CT molecular complexity index is 1430. The smallest absolute Gasteiger partial charge is 0.337 e. The van der Waals surface area contributed by atoms with Gasteiger partial charge in [-0.25, -0.2) is 4.79 Å². The van der Waals surface area contributed by atoms with Crippen molar-refractivity contribution in [3.8, 4) is 11.4 Å². The average Bonchev–Trinajstić information content (AvgIpc) is 3.53. The van der Waals surface area contributed by atoms with Crippen LogP contribution in [0.2, 0.25) is 5.02 Å². The molecule has 4 aromatic rings. The van der Waals surface area contributed by atoms with E-state index < -0.39 is 5.97 Å². The number of anilines is 1. The summed E-state index contributed by atoms with van der Waals surface area (Å²) in [5.74, 6) is 0.189. The number of hydrogen-bond acceptors (Lipinski definition) is 5. The highest BCUT2D eigenvalue weighted by Gasteiger charge is 2.42. The van der Waals surface area contributed by atoms with Crippen LogP contribution >= 0.6 is 23.8 Å². The van der Waals surface area contributed by atoms with E-state index in [1.165, 1.54) is 7.11 Å². The van der Waals surface area contributed by atoms with Gasteiger partial charge in [-0.15, -0.1) is 0 Å². The van der Waals surface area contributed by atoms with Gasteiger partial charge in [-0.3, -0.25) is 4.98 Å². The fourth-order valence-electron chi connectivity index (χ4n) is 4.51. The Hall–Kier alpha value is -3.88. The van der Waals surface area contributed by atoms with Crippen LogP contribution in [0.4, 0.5) is 5.69 Å². The van der Waals surface area contributed by atoms with Crippen LogP contribution in [-0.4, -0.2) is 34.9 Å². The third kappa shape index (κ3) is 4.29. The van der Waals surface area contributed by atoms with Crippen molar-refractivity contribution in [3.05, 3.63) is 107 Å². The molecule has 1 saturated heterocycles. The Morgan fingerprint density at radius 2 is 1.89 bits per heavy atom. The Kier molecular flexibility index (Phi) is 6.63. The number of benzene rings is 2. The highest BCUT2D eigenvalue weighted by molar-refractivity contribution is 7.80. The predicted molar refractivity (Wildman–Crippen MR) is 143 cm³/mol. The summed E-state index contributed by atoms with van der Waals surface area (Å²) in [6, 6.07) is 22.2. The number of nitrogens with one attached hydrogen (secondary N) is 1. The van der Waals surface area contributed by atoms with Crippen molar-refractivity contribution in [2.45, 2.75) is 12.1 Å². The third-order valence-corrected chi connectivity index (χ3v) is 6.75. The van der Waals surface area contributed by atoms with E-state index in [0.29, 0.717) is 21.4 Å². The van der Waals surface area contributed by atoms with E-state index in [1.807, 2.05) is 76.3 Å². The van der Waals surface area contributed by atoms with Crippen molar-refractivity contribution in [1.29, 1.82) is 0 Å². The third-order valence-electron chi connectivity index (χ3n) is 6.14. The van der Waals surface area contributed by atoms with E-state index in [4.69, 9.17) is 33.3 Å². The lowest BCUT2D eigenvalue weighted by Gasteiger charge is -2.29. The monoisotopic (exact) mass is 518 g/mol. The number of rotatable bonds is 6. The van der Waals surface area contributed by atoms with Gasteiger partial charge in [-0.05, 0) is 72.9 Å². The molecule has 1 N–H and O–H groups in total. The molecule has 2 aromatic heterocycles. The molecule has 1 aliphatic rings. The van der Waals surface area contributed by atoms with Crippen LogP contribution in [0.1, 0.15) is 33.8 Å². The van der Waals surface area contributed by atoms with E-state index in [9.17, 15) is 4.79 Å². The minimum atomic E-state index is -0.393. The molecule has 1 aliphatic heterocycles. The number of carbonyl (C=O) groups is 1. The van der Waals surface area contributed by atoms with Crippen LogP contribution in [0.5, 0.6) is 5.75 Å². The van der Waals surface area contributed by atoms with Crippen molar-refractivity contribution >= 4 is 40.6 Å². The molecule has 2 unspecified atom stereocenters. The quantitative estimate of drug-likeness (QED) is 0.267. The van der Waals surface area contributed by atoms with Crippen molar-refractivity contribution in [2.24, 2.45) is 0 Å². The molecule has 7 nitrogen and oxygen atoms in total. The molecule has 182 valence electrons. The molecule has 0 bridgehead atoms. The molecule has 2 atom stereocenters. The number of methoxy groups -OCH3 is 2. The summed E-state index contributed by atoms with van der Waals surface area (Å²) in [4.78, 5) is 18.8. The molecule has 36 heavy (non-hydrogen) atoms. The maximum Gasteiger partial charge on any atom is 0.337 e. The van der Waals surface area contributed by atoms with Crippen LogP contribution in [0.25, 0.3) is 5.69 Å². The lowest BCUT2D eigenvalue weighted by atomic mass is 10.0. The molecule has 3 heterocycles. The maximum atomic E-state index is 12.2. The van der Waals surface area contributed by atoms with Gasteiger partial charge in [-0.2, -0.15) is 0 Å². The topological polar surface area (TPSA) is 68.6 Å². The van der Waals surface area contributed by atoms with Gasteiger partial charge in [-0.1, -0.05) is 23.7 Å². The number of hydrogen-bond donors (Lipinski definition) is 1. The van der Waals surface area contributed by atoms with Gasteiger partial charge >= 0.3 is 5.97 Å². The van der Waals surface area contributed by atoms with E-state index in [1.54, 1.807) is 25.4 Å². The highest BCUT2D eigenvalue weighted by Crippen LogP contribution is 2.43. The maximum absolute atomic E-state index is 12.2. The highest BCUT2D eigenvalue weighted by atomic mass is 35.5. The summed E-state index contributed by atoms with van der Waals surface area (Å²) in [5.41, 5.74) is 3.91. The largest absolute Gasteiger partial charge is 0.495 e. The molecule has 9 heteroatoms. The fourth-order valence-corrected chi connectivity index (χ4v) is 5.11. The summed E-state index contributed by atoms with van der Waals surface area (Å²) < 4.78 is 12.3. The predicted octanol–water partition coefficient (Wildman–Crippen LogP) is 5.50. The van der Waals surface area contributed by atoms with Gasteiger partial charge in [0.2, 0.25) is 0 Å². The number of halogens is 1. The molecule has 0 radical (unpaired) electrons. The van der Waals surface area contributed by atoms with Crippen molar-refractivity contribution < 1.29 is 14.3 Å². The minimum absolute atomic E-state index is 0.239. The first kappa shape index (κ1) is 23.8. The summed E-state index contributed by atoms with van der Waals surface area (Å²) in [7, 11) is 2.95. The molecule has 0 aliphatic carbocycles. The van der Waals surface area contributed by atoms with Crippen molar-refractivity contribution in [2.75, 3.05) is 19.1 Å². The summed E-state index contributed by atoms with van der Waals surface area (Å²) >= 11 is 12.3. The lowest BCUT2D eigenvalue weighted by Crippen LogP contribution is -2.30. The Morgan fingerprint density at radius 1 is 1.03 bits per heavy atom. The molecule has 0 spiro atoms. The second-order valence-corrected chi connectivity index (χ2v) is 8.95. The van der Waals surface area contributed by atoms with Crippen molar-refractivity contribution in [1.82, 2.24) is 14.9 Å². The summed E-state index contributed by atoms with van der Waals surface area (Å²) in [5, 5.41) is 4.49. The van der Waals surface area contributed by atoms with Crippen LogP contribution in [0.3, 0.4) is 0 Å². The van der Waals surface area contributed by atoms with Gasteiger partial charge < -0.3 is 24.3 Å². The molecule has 2 aromatic carbocycles. The summed E-state index contributed by atoms with van der Waals surface area (Å²) in [6.07, 6.45) is 3.73. The number of nitrogens with zero attached hydrogens (tertiary/aromatic N) is 3. The Balaban J connectivity index is 1.65. The minimum Gasteiger partial charge on any atom is -0.495 e. The van der Waals surface area contributed by atoms with E-state index in [0.717, 1.165) is 22.8 Å². The van der Waals surface area contributed by atoms with Gasteiger partial charge in [0.15, 0.2) is 5.11 Å². The molecule has 0 amide bonds. The van der Waals surface area contributed by atoms with Crippen LogP contribution < -0.4 is 15.0 Å². The standard InChI is InChI=1S/C27H23ClN4O3S/c1-34-23-12-11-19(16-20(23)28)32-25(24(30-27(32)36)21-9-3-4-13-29-21)22-10-6-14-31(22)18-8-5-7-17(15-18)26(33)35-2/h3-16,24-25H,1-2H3,(H,30,36). The first-order valence-corrected chi connectivity index (χ1v) is 12.0. The van der Waals surface area contributed by atoms with Crippen LogP contribution in [-0.2, 0) is 4.74 Å². The number of carbonyl (C=O) groups excluding carboxylic acids is 1. The molecular weight excluding hydrogens is 496 g/mol. The Morgan fingerprint density at radius 3 is 2.61 bits per heavy atom. The number of aromatic nitrogens is 2. The van der Waals surface area contributed by atoms with Gasteiger partial charge in [0.25, 0.3) is 0 Å². The molecule has 1 fully saturated rings. The fraction of sp³-hybridized carbons (Fsp3) is 0.148. The zero-order valence-corrected chi connectivity index (χ0v) is 21.2. The molecule has 0 saturated carbocycles. The van der Waals surface area contributed by atoms with Crippen LogP contribution in [0, 0.1) is 0 Å². The van der Waals surface area contributed by atoms with Crippen LogP contribution in [0.15, 0.2) is 85.2 Å². The first-order chi connectivity index (χ1) is 17.5. The number of pyridine rings is 1. The Labute approximate surface area is 219 Å². The zero-order valence-electron chi connectivity index (χ0n) is 19.6. The van der Waals surface area contributed by atoms with Crippen molar-refractivity contribution in [3.63, 3.8) is 0 Å². The lowest BCUT2D eigenvalue weighted by molar-refractivity contribution is 0.0600. The van der Waals surface area contributed by atoms with E-state index in [2.05, 4.69) is 10.3 Å². The summed E-state index contributed by atoms with van der Waals surface area (Å²) in [6.45, 7) is 0. The van der Waals surface area contributed by atoms with E-state index in [-0.39, 0.29) is 12.1 Å². The average molecular weight is 519 g/mol. The second kappa shape index (κ2) is 10.0. The molecule has 5 rings (SSSR count). The SMILES string of the molecule is COC(=O)c1cccc(-n2cccc2C2C(c3ccccn3)NC(=S)N2c2ccc(OC)c(Cl)c2)c1. The normalized spacial score (nSPS) is 17.1. The number of thiocarbonyl (C=S) groups is 1. The first-order valence-electron chi connectivity index (χ1n) is 11.2. The van der Waals surface area contributed by atoms with E-state index >= 15 is 0 Å². The molecular formula is C27H23ClN4O3S. The number of ether oxygens (including phenoxy) is 2. The van der Waals surface area contributed by atoms with Gasteiger partial charge in [0, 0.05) is 29.5 Å². The zero-order chi connectivity index (χ0) is 25.2. The van der Waals surface area contributed by atoms with Gasteiger partial charge in [0.05, 0.1) is 36.5 Å². The second-order valence-electron chi connectivity index (χ2n) is 8.16.